The fourth-order valence-electron chi connectivity index (χ4n) is 3.34. The summed E-state index contributed by atoms with van der Waals surface area (Å²) in [5.74, 6) is 1.37. The Morgan fingerprint density at radius 2 is 2.20 bits per heavy atom. The minimum absolute atomic E-state index is 0. The molecule has 1 aliphatic carbocycles. The molecule has 1 saturated heterocycles. The molecule has 0 spiro atoms. The van der Waals surface area contributed by atoms with Crippen molar-refractivity contribution in [2.45, 2.75) is 38.8 Å². The Morgan fingerprint density at radius 1 is 1.50 bits per heavy atom. The number of nitrogens with one attached hydrogen (secondary N) is 2. The molecule has 116 valence electrons. The Morgan fingerprint density at radius 3 is 2.80 bits per heavy atom. The van der Waals surface area contributed by atoms with Crippen LogP contribution in [-0.2, 0) is 4.74 Å². The standard InChI is InChI=1S/C14H24ClN3O.HI/c1-9(15)8-17-13(16-4)18-11-10-6-5-7-19-12(10)14(11,2)3;/h10-12H,1,5-8H2,2-4H3,(H2,16,17,18);1H. The zero-order chi connectivity index (χ0) is 14.0. The largest absolute Gasteiger partial charge is 0.377 e. The Hall–Kier alpha value is -0.0100. The summed E-state index contributed by atoms with van der Waals surface area (Å²) in [6.45, 7) is 9.60. The number of halogens is 2. The molecule has 3 unspecified atom stereocenters. The molecule has 1 saturated carbocycles. The molecule has 0 aromatic heterocycles. The number of guanidine groups is 1. The van der Waals surface area contributed by atoms with Crippen molar-refractivity contribution in [3.63, 3.8) is 0 Å². The second-order valence-electron chi connectivity index (χ2n) is 5.98. The summed E-state index contributed by atoms with van der Waals surface area (Å²) in [5, 5.41) is 7.25. The molecule has 20 heavy (non-hydrogen) atoms. The van der Waals surface area contributed by atoms with Crippen LogP contribution in [0.15, 0.2) is 16.6 Å². The molecule has 4 nitrogen and oxygen atoms in total. The lowest BCUT2D eigenvalue weighted by molar-refractivity contribution is -0.188. The van der Waals surface area contributed by atoms with Crippen LogP contribution in [0.1, 0.15) is 26.7 Å². The highest BCUT2D eigenvalue weighted by molar-refractivity contribution is 14.0. The molecule has 0 bridgehead atoms. The molecular formula is C14H25ClIN3O. The van der Waals surface area contributed by atoms with Gasteiger partial charge in [-0.1, -0.05) is 32.0 Å². The smallest absolute Gasteiger partial charge is 0.191 e. The number of rotatable bonds is 3. The number of nitrogens with zero attached hydrogens (tertiary/aromatic N) is 1. The number of hydrogen-bond donors (Lipinski definition) is 2. The predicted octanol–water partition coefficient (Wildman–Crippen LogP) is 2.73. The van der Waals surface area contributed by atoms with E-state index in [-0.39, 0.29) is 29.4 Å². The van der Waals surface area contributed by atoms with Crippen LogP contribution in [0.3, 0.4) is 0 Å². The SMILES string of the molecule is C=C(Cl)CNC(=NC)NC1C2CCCOC2C1(C)C.I. The lowest BCUT2D eigenvalue weighted by atomic mass is 9.55. The van der Waals surface area contributed by atoms with Crippen molar-refractivity contribution in [2.75, 3.05) is 20.2 Å². The molecule has 6 heteroatoms. The van der Waals surface area contributed by atoms with Gasteiger partial charge in [0, 0.05) is 36.1 Å². The topological polar surface area (TPSA) is 45.7 Å². The molecule has 0 aromatic carbocycles. The first-order valence-electron chi connectivity index (χ1n) is 6.89. The average Bonchev–Trinajstić information content (AvgIpc) is 2.38. The molecule has 1 heterocycles. The van der Waals surface area contributed by atoms with Crippen molar-refractivity contribution in [3.05, 3.63) is 11.6 Å². The van der Waals surface area contributed by atoms with Crippen molar-refractivity contribution in [1.82, 2.24) is 10.6 Å². The Balaban J connectivity index is 0.00000200. The quantitative estimate of drug-likeness (QED) is 0.425. The van der Waals surface area contributed by atoms with Gasteiger partial charge in [-0.15, -0.1) is 24.0 Å². The van der Waals surface area contributed by atoms with Crippen LogP contribution < -0.4 is 10.6 Å². The van der Waals surface area contributed by atoms with E-state index in [1.807, 2.05) is 0 Å². The normalized spacial score (nSPS) is 31.4. The van der Waals surface area contributed by atoms with Crippen LogP contribution in [0.4, 0.5) is 0 Å². The van der Waals surface area contributed by atoms with Crippen LogP contribution >= 0.6 is 35.6 Å². The van der Waals surface area contributed by atoms with E-state index in [1.54, 1.807) is 7.05 Å². The molecule has 0 radical (unpaired) electrons. The van der Waals surface area contributed by atoms with Gasteiger partial charge in [0.15, 0.2) is 5.96 Å². The van der Waals surface area contributed by atoms with Crippen molar-refractivity contribution in [3.8, 4) is 0 Å². The lowest BCUT2D eigenvalue weighted by Crippen LogP contribution is -2.71. The highest BCUT2D eigenvalue weighted by Crippen LogP contribution is 2.51. The van der Waals surface area contributed by atoms with Crippen molar-refractivity contribution in [2.24, 2.45) is 16.3 Å². The van der Waals surface area contributed by atoms with E-state index in [2.05, 4.69) is 36.1 Å². The molecule has 2 fully saturated rings. The first kappa shape index (κ1) is 18.0. The Labute approximate surface area is 143 Å². The second kappa shape index (κ2) is 7.31. The van der Waals surface area contributed by atoms with E-state index in [4.69, 9.17) is 16.3 Å². The summed E-state index contributed by atoms with van der Waals surface area (Å²) in [6, 6.07) is 0.396. The maximum Gasteiger partial charge on any atom is 0.191 e. The first-order valence-corrected chi connectivity index (χ1v) is 7.26. The predicted molar refractivity (Wildman–Crippen MR) is 94.9 cm³/mol. The van der Waals surface area contributed by atoms with Crippen molar-refractivity contribution >= 4 is 41.5 Å². The summed E-state index contributed by atoms with van der Waals surface area (Å²) in [7, 11) is 1.77. The van der Waals surface area contributed by atoms with Crippen LogP contribution in [0.25, 0.3) is 0 Å². The molecule has 2 rings (SSSR count). The molecule has 1 aliphatic heterocycles. The molecule has 2 N–H and O–H groups in total. The Kier molecular flexibility index (Phi) is 6.60. The van der Waals surface area contributed by atoms with E-state index in [0.29, 0.717) is 29.6 Å². The number of ether oxygens (including phenoxy) is 1. The van der Waals surface area contributed by atoms with Gasteiger partial charge in [0.2, 0.25) is 0 Å². The molecule has 3 atom stereocenters. The van der Waals surface area contributed by atoms with Gasteiger partial charge in [-0.3, -0.25) is 4.99 Å². The van der Waals surface area contributed by atoms with Gasteiger partial charge < -0.3 is 15.4 Å². The van der Waals surface area contributed by atoms with Crippen LogP contribution in [-0.4, -0.2) is 38.3 Å². The highest BCUT2D eigenvalue weighted by atomic mass is 127. The van der Waals surface area contributed by atoms with Crippen LogP contribution in [0.5, 0.6) is 0 Å². The van der Waals surface area contributed by atoms with Crippen LogP contribution in [0, 0.1) is 11.3 Å². The van der Waals surface area contributed by atoms with Gasteiger partial charge >= 0.3 is 0 Å². The zero-order valence-corrected chi connectivity index (χ0v) is 15.5. The second-order valence-corrected chi connectivity index (χ2v) is 6.52. The highest BCUT2D eigenvalue weighted by Gasteiger charge is 2.58. The van der Waals surface area contributed by atoms with Crippen molar-refractivity contribution < 1.29 is 4.74 Å². The van der Waals surface area contributed by atoms with Gasteiger partial charge in [0.1, 0.15) is 0 Å². The molecule has 0 aromatic rings. The summed E-state index contributed by atoms with van der Waals surface area (Å²) in [6.07, 6.45) is 2.75. The van der Waals surface area contributed by atoms with Gasteiger partial charge in [0.05, 0.1) is 12.6 Å². The summed E-state index contributed by atoms with van der Waals surface area (Å²) in [4.78, 5) is 4.24. The van der Waals surface area contributed by atoms with Crippen molar-refractivity contribution in [1.29, 1.82) is 0 Å². The van der Waals surface area contributed by atoms with E-state index in [9.17, 15) is 0 Å². The van der Waals surface area contributed by atoms with E-state index in [0.717, 1.165) is 19.0 Å². The molecular weight excluding hydrogens is 389 g/mol. The Bertz CT molecular complexity index is 387. The zero-order valence-electron chi connectivity index (χ0n) is 12.4. The minimum atomic E-state index is 0. The third-order valence-electron chi connectivity index (χ3n) is 4.29. The van der Waals surface area contributed by atoms with E-state index < -0.39 is 0 Å². The third-order valence-corrected chi connectivity index (χ3v) is 4.43. The maximum atomic E-state index is 5.90. The van der Waals surface area contributed by atoms with Gasteiger partial charge in [0.25, 0.3) is 0 Å². The third kappa shape index (κ3) is 3.60. The molecule has 2 aliphatic rings. The van der Waals surface area contributed by atoms with E-state index in [1.165, 1.54) is 6.42 Å². The number of hydrogen-bond acceptors (Lipinski definition) is 2. The fraction of sp³-hybridized carbons (Fsp3) is 0.786. The lowest BCUT2D eigenvalue weighted by Gasteiger charge is -2.60. The number of aliphatic imine (C=N–C) groups is 1. The fourth-order valence-corrected chi connectivity index (χ4v) is 3.40. The van der Waals surface area contributed by atoms with Gasteiger partial charge in [-0.25, -0.2) is 0 Å². The summed E-state index contributed by atoms with van der Waals surface area (Å²) < 4.78 is 5.90. The maximum absolute atomic E-state index is 5.90. The van der Waals surface area contributed by atoms with E-state index >= 15 is 0 Å². The van der Waals surface area contributed by atoms with Gasteiger partial charge in [-0.05, 0) is 12.8 Å². The molecule has 0 amide bonds. The summed E-state index contributed by atoms with van der Waals surface area (Å²) >= 11 is 5.77. The monoisotopic (exact) mass is 413 g/mol. The first-order chi connectivity index (χ1) is 8.96. The number of fused-ring (bicyclic) bond motifs is 1. The summed E-state index contributed by atoms with van der Waals surface area (Å²) in [5.41, 5.74) is 0.140. The minimum Gasteiger partial charge on any atom is -0.377 e. The van der Waals surface area contributed by atoms with Crippen LogP contribution in [0.2, 0.25) is 0 Å². The van der Waals surface area contributed by atoms with Gasteiger partial charge in [-0.2, -0.15) is 0 Å². The average molecular weight is 414 g/mol.